The van der Waals surface area contributed by atoms with E-state index in [0.29, 0.717) is 19.3 Å². The first-order chi connectivity index (χ1) is 12.4. The van der Waals surface area contributed by atoms with Crippen molar-refractivity contribution in [3.05, 3.63) is 23.8 Å². The number of hydrogen-bond acceptors (Lipinski definition) is 4. The molecule has 4 nitrogen and oxygen atoms in total. The molecule has 2 N–H and O–H groups in total. The van der Waals surface area contributed by atoms with Gasteiger partial charge < -0.3 is 10.2 Å². The predicted octanol–water partition coefficient (Wildman–Crippen LogP) is 2.92. The smallest absolute Gasteiger partial charge is 0.178 e. The molecule has 5 heteroatoms. The highest BCUT2D eigenvalue weighted by atomic mass is 19.1. The molecule has 0 spiro atoms. The molecule has 0 amide bonds. The number of aliphatic hydroxyl groups is 2. The van der Waals surface area contributed by atoms with Crippen molar-refractivity contribution < 1.29 is 24.2 Å². The predicted molar refractivity (Wildman–Crippen MR) is 98.5 cm³/mol. The zero-order valence-corrected chi connectivity index (χ0v) is 16.5. The molecule has 4 aliphatic carbocycles. The molecule has 27 heavy (non-hydrogen) atoms. The molecule has 0 saturated heterocycles. The van der Waals surface area contributed by atoms with Crippen molar-refractivity contribution in [1.82, 2.24) is 0 Å². The fraction of sp³-hybridized carbons (Fsp3) is 0.727. The number of carbonyl (C=O) groups excluding carboxylic acids is 2. The third kappa shape index (κ3) is 2.00. The fourth-order valence-electron chi connectivity index (χ4n) is 7.18. The van der Waals surface area contributed by atoms with Crippen molar-refractivity contribution in [3.63, 3.8) is 0 Å². The molecule has 0 aromatic rings. The molecule has 4 rings (SSSR count). The zero-order valence-electron chi connectivity index (χ0n) is 16.5. The van der Waals surface area contributed by atoms with E-state index in [1.165, 1.54) is 19.1 Å². The summed E-state index contributed by atoms with van der Waals surface area (Å²) in [5.41, 5.74) is -4.59. The van der Waals surface area contributed by atoms with Crippen LogP contribution in [0.1, 0.15) is 53.4 Å². The maximum atomic E-state index is 16.9. The van der Waals surface area contributed by atoms with Crippen molar-refractivity contribution in [2.75, 3.05) is 0 Å². The number of allylic oxidation sites excluding steroid dienone is 4. The first kappa shape index (κ1) is 19.0. The van der Waals surface area contributed by atoms with Crippen LogP contribution in [0.15, 0.2) is 23.8 Å². The van der Waals surface area contributed by atoms with Gasteiger partial charge in [0.1, 0.15) is 5.60 Å². The summed E-state index contributed by atoms with van der Waals surface area (Å²) in [6, 6.07) is 0. The summed E-state index contributed by atoms with van der Waals surface area (Å²) >= 11 is 0. The Morgan fingerprint density at radius 2 is 1.96 bits per heavy atom. The summed E-state index contributed by atoms with van der Waals surface area (Å²) in [4.78, 5) is 24.2. The average molecular weight is 376 g/mol. The topological polar surface area (TPSA) is 74.6 Å². The van der Waals surface area contributed by atoms with E-state index in [0.717, 1.165) is 5.57 Å². The number of aliphatic hydroxyl groups excluding tert-OH is 1. The van der Waals surface area contributed by atoms with Crippen LogP contribution in [0.2, 0.25) is 0 Å². The van der Waals surface area contributed by atoms with Gasteiger partial charge in [-0.3, -0.25) is 9.59 Å². The van der Waals surface area contributed by atoms with Gasteiger partial charge in [-0.15, -0.1) is 0 Å². The summed E-state index contributed by atoms with van der Waals surface area (Å²) in [5.74, 6) is -1.11. The highest BCUT2D eigenvalue weighted by molar-refractivity contribution is 6.01. The first-order valence-electron chi connectivity index (χ1n) is 9.97. The van der Waals surface area contributed by atoms with Crippen molar-refractivity contribution in [2.24, 2.45) is 28.6 Å². The van der Waals surface area contributed by atoms with Crippen LogP contribution in [-0.4, -0.2) is 39.2 Å². The Kier molecular flexibility index (Phi) is 3.79. The number of Topliss-reactive ketones (excluding diaryl/α,β-unsaturated/α-hetero) is 1. The second-order valence-electron chi connectivity index (χ2n) is 9.75. The number of hydrogen-bond donors (Lipinski definition) is 2. The third-order valence-corrected chi connectivity index (χ3v) is 8.70. The second kappa shape index (κ2) is 5.38. The van der Waals surface area contributed by atoms with Crippen molar-refractivity contribution >= 4 is 11.6 Å². The number of ketones is 2. The maximum absolute atomic E-state index is 16.9. The third-order valence-electron chi connectivity index (χ3n) is 8.70. The van der Waals surface area contributed by atoms with Gasteiger partial charge in [0.2, 0.25) is 0 Å². The average Bonchev–Trinajstić information content (AvgIpc) is 2.85. The van der Waals surface area contributed by atoms with Crippen LogP contribution in [-0.2, 0) is 9.59 Å². The van der Waals surface area contributed by atoms with E-state index in [1.54, 1.807) is 13.0 Å². The van der Waals surface area contributed by atoms with Gasteiger partial charge in [0, 0.05) is 16.7 Å². The lowest BCUT2D eigenvalue weighted by molar-refractivity contribution is -0.219. The summed E-state index contributed by atoms with van der Waals surface area (Å²) in [5, 5.41) is 22.3. The van der Waals surface area contributed by atoms with Gasteiger partial charge in [-0.1, -0.05) is 25.5 Å². The fourth-order valence-corrected chi connectivity index (χ4v) is 7.18. The Morgan fingerprint density at radius 3 is 2.59 bits per heavy atom. The second-order valence-corrected chi connectivity index (χ2v) is 9.75. The van der Waals surface area contributed by atoms with Gasteiger partial charge in [-0.25, -0.2) is 4.39 Å². The Labute approximate surface area is 159 Å². The minimum Gasteiger partial charge on any atom is -0.390 e. The number of fused-ring (bicyclic) bond motifs is 5. The van der Waals surface area contributed by atoms with Crippen LogP contribution in [0, 0.1) is 28.6 Å². The maximum Gasteiger partial charge on any atom is 0.178 e. The molecular weight excluding hydrogens is 347 g/mol. The summed E-state index contributed by atoms with van der Waals surface area (Å²) < 4.78 is 16.9. The molecule has 0 aliphatic heterocycles. The molecular formula is C22H29FO4. The monoisotopic (exact) mass is 376 g/mol. The van der Waals surface area contributed by atoms with Crippen LogP contribution in [0.25, 0.3) is 0 Å². The SMILES string of the molecule is CC(=O)[C@@]1(O)CC[C@H]2[C@H]3C[C@H](C)C4=CC(=O)C=C[C@]4(C)[C@@]3(F)[C@@H](O)C[C@@]21C. The first-order valence-corrected chi connectivity index (χ1v) is 9.97. The lowest BCUT2D eigenvalue weighted by Gasteiger charge is -2.63. The van der Waals surface area contributed by atoms with E-state index in [-0.39, 0.29) is 29.8 Å². The molecule has 3 saturated carbocycles. The lowest BCUT2D eigenvalue weighted by atomic mass is 9.43. The Morgan fingerprint density at radius 1 is 1.30 bits per heavy atom. The molecule has 0 aromatic heterocycles. The molecule has 0 radical (unpaired) electrons. The standard InChI is InChI=1S/C22H29FO4/c1-12-9-17-15-6-8-21(27,13(2)24)20(15,4)11-18(26)22(17,23)19(3)7-5-14(25)10-16(12)19/h5,7,10,12,15,17-18,26-27H,6,8-9,11H2,1-4H3/t12-,15-,17+,18-,19-,20-,21-,22-/m0/s1. The van der Waals surface area contributed by atoms with Gasteiger partial charge >= 0.3 is 0 Å². The van der Waals surface area contributed by atoms with Crippen LogP contribution < -0.4 is 0 Å². The quantitative estimate of drug-likeness (QED) is 0.738. The largest absolute Gasteiger partial charge is 0.390 e. The van der Waals surface area contributed by atoms with Gasteiger partial charge in [0.05, 0.1) is 6.10 Å². The highest BCUT2D eigenvalue weighted by Gasteiger charge is 2.74. The number of halogens is 1. The number of rotatable bonds is 1. The zero-order chi connectivity index (χ0) is 20.0. The lowest BCUT2D eigenvalue weighted by Crippen LogP contribution is -2.69. The summed E-state index contributed by atoms with van der Waals surface area (Å²) in [6.07, 6.45) is 4.68. The van der Waals surface area contributed by atoms with Crippen molar-refractivity contribution in [3.8, 4) is 0 Å². The van der Waals surface area contributed by atoms with Gasteiger partial charge in [-0.05, 0) is 63.5 Å². The Bertz CT molecular complexity index is 787. The number of alkyl halides is 1. The molecule has 3 fully saturated rings. The molecule has 148 valence electrons. The molecule has 0 unspecified atom stereocenters. The molecule has 0 bridgehead atoms. The molecule has 4 aliphatic rings. The molecule has 0 aromatic carbocycles. The summed E-state index contributed by atoms with van der Waals surface area (Å²) in [7, 11) is 0. The van der Waals surface area contributed by atoms with Crippen molar-refractivity contribution in [2.45, 2.75) is 70.8 Å². The van der Waals surface area contributed by atoms with E-state index in [4.69, 9.17) is 0 Å². The van der Waals surface area contributed by atoms with Crippen LogP contribution in [0.4, 0.5) is 4.39 Å². The van der Waals surface area contributed by atoms with Gasteiger partial charge in [0.25, 0.3) is 0 Å². The van der Waals surface area contributed by atoms with E-state index in [2.05, 4.69) is 0 Å². The number of carbonyl (C=O) groups is 2. The van der Waals surface area contributed by atoms with Crippen molar-refractivity contribution in [1.29, 1.82) is 0 Å². The highest BCUT2D eigenvalue weighted by Crippen LogP contribution is 2.70. The van der Waals surface area contributed by atoms with Crippen LogP contribution in [0.3, 0.4) is 0 Å². The van der Waals surface area contributed by atoms with Crippen LogP contribution >= 0.6 is 0 Å². The normalized spacial score (nSPS) is 54.0. The van der Waals surface area contributed by atoms with E-state index >= 15 is 4.39 Å². The van der Waals surface area contributed by atoms with Crippen LogP contribution in [0.5, 0.6) is 0 Å². The minimum absolute atomic E-state index is 0.00153. The Hall–Kier alpha value is -1.33. The minimum atomic E-state index is -1.92. The van der Waals surface area contributed by atoms with E-state index in [9.17, 15) is 19.8 Å². The summed E-state index contributed by atoms with van der Waals surface area (Å²) in [6.45, 7) is 7.01. The van der Waals surface area contributed by atoms with Gasteiger partial charge in [0.15, 0.2) is 17.2 Å². The van der Waals surface area contributed by atoms with E-state index < -0.39 is 34.1 Å². The van der Waals surface area contributed by atoms with Gasteiger partial charge in [-0.2, -0.15) is 0 Å². The molecule has 8 atom stereocenters. The Balaban J connectivity index is 1.86. The van der Waals surface area contributed by atoms with E-state index in [1.807, 2.05) is 13.8 Å². The molecule has 0 heterocycles.